The highest BCUT2D eigenvalue weighted by Gasteiger charge is 2.22. The molecule has 1 aromatic rings. The average molecular weight is 283 g/mol. The molecule has 2 nitrogen and oxygen atoms in total. The molecule has 0 bridgehead atoms. The zero-order valence-electron chi connectivity index (χ0n) is 10.9. The smallest absolute Gasteiger partial charge is 0.220 e. The van der Waals surface area contributed by atoms with Crippen LogP contribution in [0.4, 0.5) is 0 Å². The van der Waals surface area contributed by atoms with Gasteiger partial charge in [-0.25, -0.2) is 0 Å². The van der Waals surface area contributed by atoms with Crippen LogP contribution < -0.4 is 5.32 Å². The fraction of sp³-hybridized carbons (Fsp3) is 0.643. The van der Waals surface area contributed by atoms with E-state index in [2.05, 4.69) is 28.4 Å². The van der Waals surface area contributed by atoms with Gasteiger partial charge in [-0.3, -0.25) is 4.79 Å². The third-order valence-corrected chi connectivity index (χ3v) is 5.37. The Morgan fingerprint density at radius 3 is 3.17 bits per heavy atom. The summed E-state index contributed by atoms with van der Waals surface area (Å²) in [6.07, 6.45) is 8.52. The average Bonchev–Trinajstić information content (AvgIpc) is 2.90. The van der Waals surface area contributed by atoms with Gasteiger partial charge in [-0.2, -0.15) is 23.1 Å². The van der Waals surface area contributed by atoms with Gasteiger partial charge in [-0.05, 0) is 54.3 Å². The summed E-state index contributed by atoms with van der Waals surface area (Å²) < 4.78 is 0. The lowest BCUT2D eigenvalue weighted by Crippen LogP contribution is -2.39. The highest BCUT2D eigenvalue weighted by atomic mass is 32.2. The second-order valence-electron chi connectivity index (χ2n) is 4.92. The number of aryl methyl sites for hydroxylation is 1. The maximum absolute atomic E-state index is 11.9. The molecule has 0 aliphatic heterocycles. The van der Waals surface area contributed by atoms with Crippen LogP contribution in [-0.2, 0) is 11.2 Å². The molecule has 1 aromatic heterocycles. The van der Waals surface area contributed by atoms with Crippen LogP contribution in [-0.4, -0.2) is 23.5 Å². The zero-order valence-corrected chi connectivity index (χ0v) is 12.5. The van der Waals surface area contributed by atoms with Crippen molar-refractivity contribution in [3.63, 3.8) is 0 Å². The van der Waals surface area contributed by atoms with E-state index >= 15 is 0 Å². The van der Waals surface area contributed by atoms with Crippen LogP contribution in [0.15, 0.2) is 16.8 Å². The number of hydrogen-bond donors (Lipinski definition) is 1. The van der Waals surface area contributed by atoms with Gasteiger partial charge in [0.1, 0.15) is 0 Å². The molecule has 100 valence electrons. The third-order valence-electron chi connectivity index (χ3n) is 3.55. The minimum absolute atomic E-state index is 0.216. The van der Waals surface area contributed by atoms with Crippen LogP contribution in [0, 0.1) is 0 Å². The Labute approximate surface area is 118 Å². The van der Waals surface area contributed by atoms with E-state index in [1.807, 2.05) is 11.8 Å². The normalized spacial score (nSPS) is 23.8. The summed E-state index contributed by atoms with van der Waals surface area (Å²) in [5.74, 6) is 0.216. The van der Waals surface area contributed by atoms with Crippen molar-refractivity contribution in [3.8, 4) is 0 Å². The molecule has 1 fully saturated rings. The van der Waals surface area contributed by atoms with Crippen molar-refractivity contribution in [2.75, 3.05) is 6.26 Å². The number of amides is 1. The number of thioether (sulfide) groups is 1. The topological polar surface area (TPSA) is 29.1 Å². The summed E-state index contributed by atoms with van der Waals surface area (Å²) in [6, 6.07) is 2.51. The molecule has 1 N–H and O–H groups in total. The van der Waals surface area contributed by atoms with E-state index in [0.717, 1.165) is 24.5 Å². The van der Waals surface area contributed by atoms with Crippen LogP contribution in [0.25, 0.3) is 0 Å². The summed E-state index contributed by atoms with van der Waals surface area (Å²) in [5, 5.41) is 8.12. The van der Waals surface area contributed by atoms with Gasteiger partial charge in [-0.1, -0.05) is 6.42 Å². The van der Waals surface area contributed by atoms with E-state index < -0.39 is 0 Å². The van der Waals surface area contributed by atoms with E-state index in [4.69, 9.17) is 0 Å². The van der Waals surface area contributed by atoms with Crippen molar-refractivity contribution in [1.82, 2.24) is 5.32 Å². The van der Waals surface area contributed by atoms with Gasteiger partial charge in [0, 0.05) is 17.7 Å². The van der Waals surface area contributed by atoms with E-state index in [0.29, 0.717) is 12.5 Å². The van der Waals surface area contributed by atoms with Crippen LogP contribution in [0.1, 0.15) is 37.7 Å². The number of nitrogens with one attached hydrogen (secondary N) is 1. The largest absolute Gasteiger partial charge is 0.353 e. The molecule has 1 aliphatic rings. The van der Waals surface area contributed by atoms with Crippen molar-refractivity contribution in [1.29, 1.82) is 0 Å². The Morgan fingerprint density at radius 1 is 1.56 bits per heavy atom. The first-order valence-electron chi connectivity index (χ1n) is 6.61. The molecule has 1 saturated carbocycles. The molecule has 0 spiro atoms. The quantitative estimate of drug-likeness (QED) is 0.896. The fourth-order valence-electron chi connectivity index (χ4n) is 2.48. The fourth-order valence-corrected chi connectivity index (χ4v) is 4.01. The van der Waals surface area contributed by atoms with Gasteiger partial charge in [0.15, 0.2) is 0 Å². The monoisotopic (exact) mass is 283 g/mol. The van der Waals surface area contributed by atoms with Crippen molar-refractivity contribution >= 4 is 29.0 Å². The SMILES string of the molecule is CS[C@H]1CCC[C@@H](NC(=O)CCc2ccsc2)C1. The lowest BCUT2D eigenvalue weighted by molar-refractivity contribution is -0.121. The number of thiophene rings is 1. The minimum atomic E-state index is 0.216. The summed E-state index contributed by atoms with van der Waals surface area (Å²) in [7, 11) is 0. The van der Waals surface area contributed by atoms with Crippen molar-refractivity contribution in [2.45, 2.75) is 49.8 Å². The summed E-state index contributed by atoms with van der Waals surface area (Å²) in [5.41, 5.74) is 1.28. The lowest BCUT2D eigenvalue weighted by atomic mass is 9.95. The molecule has 0 saturated heterocycles. The van der Waals surface area contributed by atoms with Gasteiger partial charge in [0.25, 0.3) is 0 Å². The molecular weight excluding hydrogens is 262 g/mol. The standard InChI is InChI=1S/C14H21NOS2/c1-17-13-4-2-3-12(9-13)15-14(16)6-5-11-7-8-18-10-11/h7-8,10,12-13H,2-6,9H2,1H3,(H,15,16)/t12-,13+/m1/s1. The Hall–Kier alpha value is -0.480. The molecule has 18 heavy (non-hydrogen) atoms. The van der Waals surface area contributed by atoms with E-state index in [1.54, 1.807) is 11.3 Å². The first-order chi connectivity index (χ1) is 8.78. The molecule has 2 atom stereocenters. The van der Waals surface area contributed by atoms with Gasteiger partial charge < -0.3 is 5.32 Å². The highest BCUT2D eigenvalue weighted by molar-refractivity contribution is 7.99. The molecule has 0 radical (unpaired) electrons. The van der Waals surface area contributed by atoms with Crippen LogP contribution in [0.2, 0.25) is 0 Å². The van der Waals surface area contributed by atoms with Gasteiger partial charge in [0.05, 0.1) is 0 Å². The van der Waals surface area contributed by atoms with Crippen molar-refractivity contribution in [3.05, 3.63) is 22.4 Å². The summed E-state index contributed by atoms with van der Waals surface area (Å²) in [6.45, 7) is 0. The number of rotatable bonds is 5. The zero-order chi connectivity index (χ0) is 12.8. The summed E-state index contributed by atoms with van der Waals surface area (Å²) in [4.78, 5) is 11.9. The molecule has 1 heterocycles. The molecule has 2 rings (SSSR count). The Bertz CT molecular complexity index is 364. The number of hydrogen-bond acceptors (Lipinski definition) is 3. The molecule has 1 amide bonds. The lowest BCUT2D eigenvalue weighted by Gasteiger charge is -2.28. The van der Waals surface area contributed by atoms with Crippen LogP contribution >= 0.6 is 23.1 Å². The number of carbonyl (C=O) groups is 1. The summed E-state index contributed by atoms with van der Waals surface area (Å²) >= 11 is 3.63. The van der Waals surface area contributed by atoms with Gasteiger partial charge >= 0.3 is 0 Å². The highest BCUT2D eigenvalue weighted by Crippen LogP contribution is 2.26. The second-order valence-corrected chi connectivity index (χ2v) is 6.84. The van der Waals surface area contributed by atoms with Crippen molar-refractivity contribution in [2.24, 2.45) is 0 Å². The predicted octanol–water partition coefficient (Wildman–Crippen LogP) is 3.47. The van der Waals surface area contributed by atoms with Crippen LogP contribution in [0.5, 0.6) is 0 Å². The Balaban J connectivity index is 1.70. The predicted molar refractivity (Wildman–Crippen MR) is 80.3 cm³/mol. The molecule has 0 aromatic carbocycles. The first kappa shape index (κ1) is 13.9. The van der Waals surface area contributed by atoms with E-state index in [-0.39, 0.29) is 5.91 Å². The van der Waals surface area contributed by atoms with Gasteiger partial charge in [0.2, 0.25) is 5.91 Å². The van der Waals surface area contributed by atoms with Crippen LogP contribution in [0.3, 0.4) is 0 Å². The Morgan fingerprint density at radius 2 is 2.44 bits per heavy atom. The maximum atomic E-state index is 11.9. The first-order valence-corrected chi connectivity index (χ1v) is 8.84. The van der Waals surface area contributed by atoms with E-state index in [1.165, 1.54) is 18.4 Å². The Kier molecular flexibility index (Phi) is 5.57. The molecule has 1 aliphatic carbocycles. The molecule has 4 heteroatoms. The minimum Gasteiger partial charge on any atom is -0.353 e. The molecular formula is C14H21NOS2. The van der Waals surface area contributed by atoms with Crippen molar-refractivity contribution < 1.29 is 4.79 Å². The van der Waals surface area contributed by atoms with E-state index in [9.17, 15) is 4.79 Å². The second kappa shape index (κ2) is 7.19. The number of carbonyl (C=O) groups excluding carboxylic acids is 1. The maximum Gasteiger partial charge on any atom is 0.220 e. The third kappa shape index (κ3) is 4.32. The van der Waals surface area contributed by atoms with Gasteiger partial charge in [-0.15, -0.1) is 0 Å². The molecule has 0 unspecified atom stereocenters.